The molecule has 2 aliphatic rings. The summed E-state index contributed by atoms with van der Waals surface area (Å²) in [5, 5.41) is 3.02. The van der Waals surface area contributed by atoms with Crippen LogP contribution < -0.4 is 11.1 Å². The van der Waals surface area contributed by atoms with Crippen LogP contribution in [0.3, 0.4) is 0 Å². The molecule has 3 N–H and O–H groups in total. The summed E-state index contributed by atoms with van der Waals surface area (Å²) in [4.78, 5) is 14.3. The van der Waals surface area contributed by atoms with Gasteiger partial charge < -0.3 is 11.1 Å². The number of benzene rings is 1. The first kappa shape index (κ1) is 14.5. The number of nitrogens with one attached hydrogen (secondary N) is 1. The second kappa shape index (κ2) is 6.16. The van der Waals surface area contributed by atoms with Gasteiger partial charge >= 0.3 is 0 Å². The lowest BCUT2D eigenvalue weighted by Crippen LogP contribution is -2.49. The Kier molecular flexibility index (Phi) is 4.27. The van der Waals surface area contributed by atoms with Crippen LogP contribution in [-0.4, -0.2) is 36.5 Å². The smallest absolute Gasteiger partial charge is 0.238 e. The Bertz CT molecular complexity index is 529. The number of aryl methyl sites for hydroxylation is 2. The molecule has 0 bridgehead atoms. The third-order valence-electron chi connectivity index (χ3n) is 4.85. The standard InChI is InChI=1S/C17H25N3O/c1-12-7-8-20(10-16(12)18)11-17(21)19-15-6-5-13-3-2-4-14(13)9-15/h5-6,9,12,16H,2-4,7-8,10-11,18H2,1H3,(H,19,21). The zero-order valence-electron chi connectivity index (χ0n) is 12.8. The van der Waals surface area contributed by atoms with Crippen LogP contribution >= 0.6 is 0 Å². The normalized spacial score (nSPS) is 25.6. The van der Waals surface area contributed by atoms with Gasteiger partial charge in [0.1, 0.15) is 0 Å². The Balaban J connectivity index is 1.54. The van der Waals surface area contributed by atoms with Crippen LogP contribution in [0.4, 0.5) is 5.69 Å². The summed E-state index contributed by atoms with van der Waals surface area (Å²) in [5.41, 5.74) is 9.84. The quantitative estimate of drug-likeness (QED) is 0.891. The SMILES string of the molecule is CC1CCN(CC(=O)Nc2ccc3c(c2)CCC3)CC1N. The van der Waals surface area contributed by atoms with E-state index in [-0.39, 0.29) is 11.9 Å². The number of rotatable bonds is 3. The van der Waals surface area contributed by atoms with E-state index in [9.17, 15) is 4.79 Å². The van der Waals surface area contributed by atoms with Crippen molar-refractivity contribution < 1.29 is 4.79 Å². The first-order chi connectivity index (χ1) is 10.1. The van der Waals surface area contributed by atoms with Crippen molar-refractivity contribution in [1.82, 2.24) is 4.90 Å². The van der Waals surface area contributed by atoms with Crippen LogP contribution in [0.2, 0.25) is 0 Å². The van der Waals surface area contributed by atoms with Gasteiger partial charge in [0.15, 0.2) is 0 Å². The number of hydrogen-bond donors (Lipinski definition) is 2. The molecule has 1 fully saturated rings. The van der Waals surface area contributed by atoms with Gasteiger partial charge in [-0.25, -0.2) is 0 Å². The molecular weight excluding hydrogens is 262 g/mol. The van der Waals surface area contributed by atoms with Gasteiger partial charge in [-0.15, -0.1) is 0 Å². The molecule has 1 aromatic rings. The molecule has 1 amide bonds. The zero-order chi connectivity index (χ0) is 14.8. The molecule has 21 heavy (non-hydrogen) atoms. The van der Waals surface area contributed by atoms with Gasteiger partial charge in [-0.3, -0.25) is 9.69 Å². The lowest BCUT2D eigenvalue weighted by Gasteiger charge is -2.34. The minimum Gasteiger partial charge on any atom is -0.326 e. The predicted molar refractivity (Wildman–Crippen MR) is 85.3 cm³/mol. The number of amides is 1. The number of hydrogen-bond acceptors (Lipinski definition) is 3. The average molecular weight is 287 g/mol. The molecule has 0 spiro atoms. The Morgan fingerprint density at radius 3 is 3.00 bits per heavy atom. The number of likely N-dealkylation sites (tertiary alicyclic amines) is 1. The Morgan fingerprint density at radius 1 is 1.38 bits per heavy atom. The molecular formula is C17H25N3O. The van der Waals surface area contributed by atoms with Crippen molar-refractivity contribution in [2.45, 2.75) is 38.6 Å². The highest BCUT2D eigenvalue weighted by atomic mass is 16.2. The van der Waals surface area contributed by atoms with Crippen molar-refractivity contribution in [3.05, 3.63) is 29.3 Å². The highest BCUT2D eigenvalue weighted by molar-refractivity contribution is 5.92. The van der Waals surface area contributed by atoms with Gasteiger partial charge in [0.25, 0.3) is 0 Å². The van der Waals surface area contributed by atoms with Gasteiger partial charge in [0, 0.05) is 18.3 Å². The lowest BCUT2D eigenvalue weighted by atomic mass is 9.94. The molecule has 1 aliphatic carbocycles. The van der Waals surface area contributed by atoms with E-state index in [1.165, 1.54) is 24.0 Å². The fourth-order valence-corrected chi connectivity index (χ4v) is 3.37. The second-order valence-electron chi connectivity index (χ2n) is 6.55. The number of nitrogens with two attached hydrogens (primary N) is 1. The number of anilines is 1. The number of piperidine rings is 1. The van der Waals surface area contributed by atoms with E-state index in [1.807, 2.05) is 6.07 Å². The van der Waals surface area contributed by atoms with Gasteiger partial charge in [0.2, 0.25) is 5.91 Å². The van der Waals surface area contributed by atoms with Crippen molar-refractivity contribution in [1.29, 1.82) is 0 Å². The van der Waals surface area contributed by atoms with E-state index in [0.717, 1.165) is 31.6 Å². The number of carbonyl (C=O) groups is 1. The summed E-state index contributed by atoms with van der Waals surface area (Å²) in [5.74, 6) is 0.621. The van der Waals surface area contributed by atoms with Crippen molar-refractivity contribution in [2.75, 3.05) is 25.0 Å². The van der Waals surface area contributed by atoms with Gasteiger partial charge in [-0.05, 0) is 61.4 Å². The molecule has 4 heteroatoms. The lowest BCUT2D eigenvalue weighted by molar-refractivity contribution is -0.117. The minimum atomic E-state index is 0.0645. The van der Waals surface area contributed by atoms with Crippen LogP contribution in [0.5, 0.6) is 0 Å². The molecule has 114 valence electrons. The van der Waals surface area contributed by atoms with Crippen molar-refractivity contribution in [2.24, 2.45) is 11.7 Å². The topological polar surface area (TPSA) is 58.4 Å². The second-order valence-corrected chi connectivity index (χ2v) is 6.55. The summed E-state index contributed by atoms with van der Waals surface area (Å²) >= 11 is 0. The molecule has 1 aliphatic heterocycles. The van der Waals surface area contributed by atoms with Crippen molar-refractivity contribution in [3.8, 4) is 0 Å². The van der Waals surface area contributed by atoms with Crippen LogP contribution in [0, 0.1) is 5.92 Å². The fourth-order valence-electron chi connectivity index (χ4n) is 3.37. The van der Waals surface area contributed by atoms with E-state index < -0.39 is 0 Å². The Hall–Kier alpha value is -1.39. The Morgan fingerprint density at radius 2 is 2.19 bits per heavy atom. The maximum atomic E-state index is 12.2. The van der Waals surface area contributed by atoms with E-state index in [0.29, 0.717) is 12.5 Å². The summed E-state index contributed by atoms with van der Waals surface area (Å²) in [7, 11) is 0. The molecule has 2 unspecified atom stereocenters. The summed E-state index contributed by atoms with van der Waals surface area (Å²) < 4.78 is 0. The molecule has 0 radical (unpaired) electrons. The van der Waals surface area contributed by atoms with Crippen LogP contribution in [0.25, 0.3) is 0 Å². The highest BCUT2D eigenvalue weighted by Crippen LogP contribution is 2.25. The summed E-state index contributed by atoms with van der Waals surface area (Å²) in [6.07, 6.45) is 4.62. The number of nitrogens with zero attached hydrogens (tertiary/aromatic N) is 1. The number of fused-ring (bicyclic) bond motifs is 1. The van der Waals surface area contributed by atoms with E-state index in [2.05, 4.69) is 29.3 Å². The summed E-state index contributed by atoms with van der Waals surface area (Å²) in [6, 6.07) is 6.48. The molecule has 3 rings (SSSR count). The molecule has 1 saturated heterocycles. The molecule has 2 atom stereocenters. The van der Waals surface area contributed by atoms with Crippen molar-refractivity contribution >= 4 is 11.6 Å². The first-order valence-electron chi connectivity index (χ1n) is 8.01. The largest absolute Gasteiger partial charge is 0.326 e. The molecule has 4 nitrogen and oxygen atoms in total. The third-order valence-corrected chi connectivity index (χ3v) is 4.85. The van der Waals surface area contributed by atoms with E-state index in [1.54, 1.807) is 0 Å². The Labute approximate surface area is 126 Å². The summed E-state index contributed by atoms with van der Waals surface area (Å²) in [6.45, 7) is 4.41. The molecule has 1 heterocycles. The van der Waals surface area contributed by atoms with Gasteiger partial charge in [-0.2, -0.15) is 0 Å². The van der Waals surface area contributed by atoms with Gasteiger partial charge in [0.05, 0.1) is 6.54 Å². The van der Waals surface area contributed by atoms with Gasteiger partial charge in [-0.1, -0.05) is 13.0 Å². The third kappa shape index (κ3) is 3.44. The van der Waals surface area contributed by atoms with Crippen LogP contribution in [0.1, 0.15) is 30.9 Å². The average Bonchev–Trinajstić information content (AvgIpc) is 2.90. The number of carbonyl (C=O) groups excluding carboxylic acids is 1. The predicted octanol–water partition coefficient (Wildman–Crippen LogP) is 1.78. The van der Waals surface area contributed by atoms with Crippen LogP contribution in [0.15, 0.2) is 18.2 Å². The first-order valence-corrected chi connectivity index (χ1v) is 8.01. The maximum absolute atomic E-state index is 12.2. The highest BCUT2D eigenvalue weighted by Gasteiger charge is 2.24. The van der Waals surface area contributed by atoms with E-state index >= 15 is 0 Å². The minimum absolute atomic E-state index is 0.0645. The monoisotopic (exact) mass is 287 g/mol. The fraction of sp³-hybridized carbons (Fsp3) is 0.588. The van der Waals surface area contributed by atoms with E-state index in [4.69, 9.17) is 5.73 Å². The molecule has 0 aromatic heterocycles. The van der Waals surface area contributed by atoms with Crippen molar-refractivity contribution in [3.63, 3.8) is 0 Å². The zero-order valence-corrected chi connectivity index (χ0v) is 12.8. The molecule has 1 aromatic carbocycles. The maximum Gasteiger partial charge on any atom is 0.238 e. The molecule has 0 saturated carbocycles. The van der Waals surface area contributed by atoms with Crippen LogP contribution in [-0.2, 0) is 17.6 Å².